The van der Waals surface area contributed by atoms with E-state index in [-0.39, 0.29) is 24.5 Å². The van der Waals surface area contributed by atoms with Crippen LogP contribution in [-0.4, -0.2) is 29.9 Å². The van der Waals surface area contributed by atoms with Gasteiger partial charge in [0.15, 0.2) is 22.9 Å². The maximum atomic E-state index is 12.3. The first-order chi connectivity index (χ1) is 13.1. The molecule has 8 heteroatoms. The van der Waals surface area contributed by atoms with Crippen LogP contribution in [0.1, 0.15) is 23.2 Å². The summed E-state index contributed by atoms with van der Waals surface area (Å²) in [5, 5.41) is 2.74. The molecule has 138 valence electrons. The Bertz CT molecular complexity index is 1080. The van der Waals surface area contributed by atoms with Crippen molar-refractivity contribution in [1.82, 2.24) is 4.98 Å². The van der Waals surface area contributed by atoms with E-state index in [0.717, 1.165) is 0 Å². The first kappa shape index (κ1) is 16.9. The molecule has 2 heterocycles. The van der Waals surface area contributed by atoms with Crippen LogP contribution in [0.5, 0.6) is 11.5 Å². The third-order valence-electron chi connectivity index (χ3n) is 4.15. The SMILES string of the molecule is O=C(CCC(=O)c1ccc2[nH]c(=O)oc2c1)Nc1ccc2c(c1)OCCO2. The van der Waals surface area contributed by atoms with Gasteiger partial charge in [-0.3, -0.25) is 14.6 Å². The Morgan fingerprint density at radius 3 is 2.67 bits per heavy atom. The molecule has 8 nitrogen and oxygen atoms in total. The molecule has 1 aliphatic heterocycles. The summed E-state index contributed by atoms with van der Waals surface area (Å²) in [4.78, 5) is 38.1. The van der Waals surface area contributed by atoms with Gasteiger partial charge < -0.3 is 19.2 Å². The van der Waals surface area contributed by atoms with Crippen LogP contribution in [0, 0.1) is 0 Å². The van der Waals surface area contributed by atoms with Crippen LogP contribution < -0.4 is 20.5 Å². The number of oxazole rings is 1. The maximum absolute atomic E-state index is 12.3. The molecular weight excluding hydrogens is 352 g/mol. The number of aromatic nitrogens is 1. The van der Waals surface area contributed by atoms with Gasteiger partial charge in [0.05, 0.1) is 5.52 Å². The molecule has 0 unspecified atom stereocenters. The fourth-order valence-corrected chi connectivity index (χ4v) is 2.83. The van der Waals surface area contributed by atoms with Crippen LogP contribution in [0.25, 0.3) is 11.1 Å². The minimum absolute atomic E-state index is 0.0302. The lowest BCUT2D eigenvalue weighted by molar-refractivity contribution is -0.116. The topological polar surface area (TPSA) is 111 Å². The Morgan fingerprint density at radius 2 is 1.81 bits per heavy atom. The average molecular weight is 368 g/mol. The van der Waals surface area contributed by atoms with Crippen molar-refractivity contribution in [2.75, 3.05) is 18.5 Å². The summed E-state index contributed by atoms with van der Waals surface area (Å²) in [7, 11) is 0. The lowest BCUT2D eigenvalue weighted by Crippen LogP contribution is -2.16. The van der Waals surface area contributed by atoms with Crippen LogP contribution >= 0.6 is 0 Å². The van der Waals surface area contributed by atoms with Gasteiger partial charge in [-0.2, -0.15) is 0 Å². The van der Waals surface area contributed by atoms with Crippen molar-refractivity contribution in [3.05, 3.63) is 52.5 Å². The van der Waals surface area contributed by atoms with Gasteiger partial charge in [-0.05, 0) is 30.3 Å². The monoisotopic (exact) mass is 368 g/mol. The highest BCUT2D eigenvalue weighted by atomic mass is 16.6. The van der Waals surface area contributed by atoms with E-state index in [0.29, 0.717) is 47.1 Å². The Hall–Kier alpha value is -3.55. The molecule has 2 N–H and O–H groups in total. The smallest absolute Gasteiger partial charge is 0.417 e. The van der Waals surface area contributed by atoms with Crippen molar-refractivity contribution >= 4 is 28.5 Å². The highest BCUT2D eigenvalue weighted by molar-refractivity contribution is 6.01. The molecule has 1 aliphatic rings. The van der Waals surface area contributed by atoms with Crippen LogP contribution in [0.15, 0.2) is 45.6 Å². The van der Waals surface area contributed by atoms with Gasteiger partial charge in [0.1, 0.15) is 13.2 Å². The Kier molecular flexibility index (Phi) is 4.37. The third-order valence-corrected chi connectivity index (χ3v) is 4.15. The number of hydrogen-bond donors (Lipinski definition) is 2. The zero-order chi connectivity index (χ0) is 18.8. The van der Waals surface area contributed by atoms with Gasteiger partial charge in [-0.1, -0.05) is 0 Å². The summed E-state index contributed by atoms with van der Waals surface area (Å²) in [6.07, 6.45) is 0.0684. The number of anilines is 1. The van der Waals surface area contributed by atoms with Gasteiger partial charge in [0, 0.05) is 30.2 Å². The number of hydrogen-bond acceptors (Lipinski definition) is 6. The number of rotatable bonds is 5. The minimum atomic E-state index is -0.576. The lowest BCUT2D eigenvalue weighted by Gasteiger charge is -2.19. The number of nitrogens with one attached hydrogen (secondary N) is 2. The van der Waals surface area contributed by atoms with E-state index < -0.39 is 5.76 Å². The third kappa shape index (κ3) is 3.69. The minimum Gasteiger partial charge on any atom is -0.486 e. The van der Waals surface area contributed by atoms with Crippen molar-refractivity contribution in [1.29, 1.82) is 0 Å². The van der Waals surface area contributed by atoms with Crippen LogP contribution in [0.2, 0.25) is 0 Å². The molecule has 27 heavy (non-hydrogen) atoms. The van der Waals surface area contributed by atoms with Crippen molar-refractivity contribution in [2.45, 2.75) is 12.8 Å². The van der Waals surface area contributed by atoms with Gasteiger partial charge in [-0.15, -0.1) is 0 Å². The summed E-state index contributed by atoms with van der Waals surface area (Å²) < 4.78 is 15.9. The predicted molar refractivity (Wildman–Crippen MR) is 96.5 cm³/mol. The molecule has 1 aromatic heterocycles. The molecule has 0 atom stereocenters. The van der Waals surface area contributed by atoms with E-state index in [1.54, 1.807) is 30.3 Å². The van der Waals surface area contributed by atoms with E-state index in [1.807, 2.05) is 0 Å². The number of benzene rings is 2. The van der Waals surface area contributed by atoms with Gasteiger partial charge in [-0.25, -0.2) is 4.79 Å². The Morgan fingerprint density at radius 1 is 1.00 bits per heavy atom. The number of H-pyrrole nitrogens is 1. The first-order valence-electron chi connectivity index (χ1n) is 8.44. The van der Waals surface area contributed by atoms with Crippen LogP contribution in [0.4, 0.5) is 5.69 Å². The van der Waals surface area contributed by atoms with Gasteiger partial charge in [0.2, 0.25) is 5.91 Å². The molecule has 0 aliphatic carbocycles. The van der Waals surface area contributed by atoms with Gasteiger partial charge in [0.25, 0.3) is 0 Å². The van der Waals surface area contributed by atoms with Crippen LogP contribution in [0.3, 0.4) is 0 Å². The van der Waals surface area contributed by atoms with Crippen molar-refractivity contribution in [3.8, 4) is 11.5 Å². The summed E-state index contributed by atoms with van der Waals surface area (Å²) >= 11 is 0. The number of ketones is 1. The molecular formula is C19H16N2O6. The molecule has 0 bridgehead atoms. The Labute approximate surface area is 153 Å². The number of carbonyl (C=O) groups is 2. The zero-order valence-corrected chi connectivity index (χ0v) is 14.2. The van der Waals surface area contributed by atoms with Crippen molar-refractivity contribution in [2.24, 2.45) is 0 Å². The second kappa shape index (κ2) is 6.99. The standard InChI is InChI=1S/C19H16N2O6/c22-14(11-1-3-13-16(9-11)27-19(24)21-13)4-6-18(23)20-12-2-5-15-17(10-12)26-8-7-25-15/h1-3,5,9-10H,4,6-8H2,(H,20,23)(H,21,24). The van der Waals surface area contributed by atoms with E-state index in [2.05, 4.69) is 10.3 Å². The fourth-order valence-electron chi connectivity index (χ4n) is 2.83. The molecule has 2 aromatic carbocycles. The molecule has 0 fully saturated rings. The number of carbonyl (C=O) groups excluding carboxylic acids is 2. The number of aromatic amines is 1. The second-order valence-electron chi connectivity index (χ2n) is 6.06. The summed E-state index contributed by atoms with van der Waals surface area (Å²) in [5.41, 5.74) is 1.80. The zero-order valence-electron chi connectivity index (χ0n) is 14.2. The molecule has 4 rings (SSSR count). The van der Waals surface area contributed by atoms with E-state index in [9.17, 15) is 14.4 Å². The van der Waals surface area contributed by atoms with E-state index >= 15 is 0 Å². The normalized spacial score (nSPS) is 12.7. The highest BCUT2D eigenvalue weighted by Crippen LogP contribution is 2.32. The van der Waals surface area contributed by atoms with Crippen LogP contribution in [-0.2, 0) is 4.79 Å². The quantitative estimate of drug-likeness (QED) is 0.670. The molecule has 3 aromatic rings. The molecule has 0 saturated carbocycles. The predicted octanol–water partition coefficient (Wildman–Crippen LogP) is 2.49. The highest BCUT2D eigenvalue weighted by Gasteiger charge is 2.14. The summed E-state index contributed by atoms with van der Waals surface area (Å²) in [6.45, 7) is 0.962. The lowest BCUT2D eigenvalue weighted by atomic mass is 10.1. The van der Waals surface area contributed by atoms with Gasteiger partial charge >= 0.3 is 5.76 Å². The molecule has 0 saturated heterocycles. The van der Waals surface area contributed by atoms with Crippen molar-refractivity contribution in [3.63, 3.8) is 0 Å². The van der Waals surface area contributed by atoms with Crippen molar-refractivity contribution < 1.29 is 23.5 Å². The largest absolute Gasteiger partial charge is 0.486 e. The number of Topliss-reactive ketones (excluding diaryl/α,β-unsaturated/α-hetero) is 1. The first-order valence-corrected chi connectivity index (χ1v) is 8.44. The summed E-state index contributed by atoms with van der Waals surface area (Å²) in [5.74, 6) is 0.151. The molecule has 0 radical (unpaired) electrons. The fraction of sp³-hybridized carbons (Fsp3) is 0.211. The number of fused-ring (bicyclic) bond motifs is 2. The number of amides is 1. The maximum Gasteiger partial charge on any atom is 0.417 e. The number of ether oxygens (including phenoxy) is 2. The average Bonchev–Trinajstić information content (AvgIpc) is 3.05. The molecule has 0 spiro atoms. The Balaban J connectivity index is 1.36. The summed E-state index contributed by atoms with van der Waals surface area (Å²) in [6, 6.07) is 9.83. The molecule has 1 amide bonds. The second-order valence-corrected chi connectivity index (χ2v) is 6.06. The van der Waals surface area contributed by atoms with E-state index in [1.165, 1.54) is 6.07 Å². The van der Waals surface area contributed by atoms with E-state index in [4.69, 9.17) is 13.9 Å².